The van der Waals surface area contributed by atoms with Crippen LogP contribution in [0.5, 0.6) is 0 Å². The number of fused-ring (bicyclic) bond motifs is 1. The van der Waals surface area contributed by atoms with Crippen molar-refractivity contribution in [2.24, 2.45) is 7.05 Å². The Morgan fingerprint density at radius 3 is 2.67 bits per heavy atom. The highest BCUT2D eigenvalue weighted by Gasteiger charge is 2.25. The van der Waals surface area contributed by atoms with Gasteiger partial charge in [-0.3, -0.25) is 4.79 Å². The lowest BCUT2D eigenvalue weighted by atomic mass is 10.1. The second-order valence-corrected chi connectivity index (χ2v) is 6.73. The Morgan fingerprint density at radius 1 is 1.29 bits per heavy atom. The molecule has 4 rings (SSSR count). The fourth-order valence-corrected chi connectivity index (χ4v) is 3.76. The molecule has 3 heterocycles. The van der Waals surface area contributed by atoms with Gasteiger partial charge in [-0.25, -0.2) is 9.50 Å². The number of aryl methyl sites for hydroxylation is 2. The van der Waals surface area contributed by atoms with Gasteiger partial charge in [0.05, 0.1) is 11.4 Å². The van der Waals surface area contributed by atoms with Crippen LogP contribution in [0.1, 0.15) is 55.7 Å². The summed E-state index contributed by atoms with van der Waals surface area (Å²) in [4.78, 5) is 20.5. The van der Waals surface area contributed by atoms with Gasteiger partial charge in [0, 0.05) is 18.7 Å². The van der Waals surface area contributed by atoms with Crippen LogP contribution in [-0.2, 0) is 13.5 Å². The number of aromatic nitrogens is 5. The molecule has 6 nitrogen and oxygen atoms in total. The van der Waals surface area contributed by atoms with Gasteiger partial charge in [-0.1, -0.05) is 19.8 Å². The van der Waals surface area contributed by atoms with E-state index < -0.39 is 0 Å². The van der Waals surface area contributed by atoms with Crippen LogP contribution >= 0.6 is 0 Å². The molecule has 24 heavy (non-hydrogen) atoms. The Hall–Kier alpha value is -2.37. The second kappa shape index (κ2) is 5.61. The van der Waals surface area contributed by atoms with E-state index in [1.807, 2.05) is 42.1 Å². The molecule has 0 bridgehead atoms. The van der Waals surface area contributed by atoms with Crippen molar-refractivity contribution in [2.45, 2.75) is 51.9 Å². The first kappa shape index (κ1) is 15.2. The summed E-state index contributed by atoms with van der Waals surface area (Å²) in [7, 11) is 1.98. The molecule has 1 aliphatic carbocycles. The van der Waals surface area contributed by atoms with Crippen molar-refractivity contribution in [1.29, 1.82) is 0 Å². The molecule has 0 amide bonds. The van der Waals surface area contributed by atoms with Gasteiger partial charge in [0.1, 0.15) is 5.82 Å². The molecule has 0 aliphatic heterocycles. The minimum atomic E-state index is -0.104. The Labute approximate surface area is 140 Å². The van der Waals surface area contributed by atoms with Crippen molar-refractivity contribution < 1.29 is 0 Å². The van der Waals surface area contributed by atoms with Crippen molar-refractivity contribution in [2.75, 3.05) is 0 Å². The molecular weight excluding hydrogens is 302 g/mol. The van der Waals surface area contributed by atoms with E-state index in [0.717, 1.165) is 42.2 Å². The van der Waals surface area contributed by atoms with Gasteiger partial charge < -0.3 is 9.55 Å². The molecule has 6 heteroatoms. The third-order valence-corrected chi connectivity index (χ3v) is 5.27. The lowest BCUT2D eigenvalue weighted by Gasteiger charge is -2.09. The quantitative estimate of drug-likeness (QED) is 0.805. The summed E-state index contributed by atoms with van der Waals surface area (Å²) in [6, 6.07) is 4.02. The maximum atomic E-state index is 12.7. The van der Waals surface area contributed by atoms with Crippen LogP contribution in [-0.4, -0.2) is 24.1 Å². The van der Waals surface area contributed by atoms with Gasteiger partial charge in [0.2, 0.25) is 0 Å². The highest BCUT2D eigenvalue weighted by Crippen LogP contribution is 2.34. The van der Waals surface area contributed by atoms with E-state index in [-0.39, 0.29) is 5.56 Å². The smallest absolute Gasteiger partial charge is 0.277 e. The number of imidazole rings is 1. The number of H-pyrrole nitrogens is 1. The minimum Gasteiger partial charge on any atom is -0.345 e. The van der Waals surface area contributed by atoms with Crippen LogP contribution in [0.2, 0.25) is 0 Å². The van der Waals surface area contributed by atoms with E-state index >= 15 is 0 Å². The molecule has 0 saturated heterocycles. The first-order valence-corrected chi connectivity index (χ1v) is 8.74. The fourth-order valence-electron chi connectivity index (χ4n) is 3.76. The van der Waals surface area contributed by atoms with Gasteiger partial charge in [0.15, 0.2) is 11.3 Å². The molecule has 1 aliphatic rings. The highest BCUT2D eigenvalue weighted by atomic mass is 16.1. The van der Waals surface area contributed by atoms with Crippen molar-refractivity contribution in [3.05, 3.63) is 39.7 Å². The Balaban J connectivity index is 1.97. The first-order chi connectivity index (χ1) is 11.6. The minimum absolute atomic E-state index is 0.104. The number of hydrogen-bond acceptors (Lipinski definition) is 3. The molecule has 3 aromatic heterocycles. The van der Waals surface area contributed by atoms with E-state index in [0.29, 0.717) is 17.3 Å². The normalized spacial score (nSPS) is 15.6. The molecular formula is C18H23N5O. The maximum Gasteiger partial charge on any atom is 0.277 e. The zero-order chi connectivity index (χ0) is 16.8. The summed E-state index contributed by atoms with van der Waals surface area (Å²) in [6.07, 6.45) is 5.47. The predicted octanol–water partition coefficient (Wildman–Crippen LogP) is 2.95. The van der Waals surface area contributed by atoms with Gasteiger partial charge >= 0.3 is 0 Å². The van der Waals surface area contributed by atoms with Crippen LogP contribution in [0.25, 0.3) is 17.0 Å². The molecule has 3 aromatic rings. The Kier molecular flexibility index (Phi) is 3.55. The summed E-state index contributed by atoms with van der Waals surface area (Å²) < 4.78 is 3.85. The summed E-state index contributed by atoms with van der Waals surface area (Å²) in [5, 5.41) is 4.77. The monoisotopic (exact) mass is 325 g/mol. The maximum absolute atomic E-state index is 12.7. The van der Waals surface area contributed by atoms with Crippen LogP contribution in [0.15, 0.2) is 16.9 Å². The summed E-state index contributed by atoms with van der Waals surface area (Å²) in [5.41, 5.74) is 3.39. The lowest BCUT2D eigenvalue weighted by molar-refractivity contribution is 0.639. The molecule has 0 spiro atoms. The lowest BCUT2D eigenvalue weighted by Crippen LogP contribution is -2.17. The molecule has 1 fully saturated rings. The third-order valence-electron chi connectivity index (χ3n) is 5.27. The van der Waals surface area contributed by atoms with E-state index in [4.69, 9.17) is 10.1 Å². The summed E-state index contributed by atoms with van der Waals surface area (Å²) in [6.45, 7) is 4.07. The van der Waals surface area contributed by atoms with Gasteiger partial charge in [0.25, 0.3) is 5.56 Å². The molecule has 126 valence electrons. The topological polar surface area (TPSA) is 68.0 Å². The van der Waals surface area contributed by atoms with Gasteiger partial charge in [-0.15, -0.1) is 5.10 Å². The molecule has 0 aromatic carbocycles. The third kappa shape index (κ3) is 2.20. The van der Waals surface area contributed by atoms with E-state index in [1.165, 1.54) is 12.8 Å². The van der Waals surface area contributed by atoms with Crippen LogP contribution in [0.3, 0.4) is 0 Å². The van der Waals surface area contributed by atoms with Crippen molar-refractivity contribution in [3.8, 4) is 11.5 Å². The van der Waals surface area contributed by atoms with E-state index in [1.54, 1.807) is 0 Å². The number of rotatable bonds is 3. The van der Waals surface area contributed by atoms with Crippen LogP contribution < -0.4 is 5.56 Å². The number of aromatic amines is 1. The van der Waals surface area contributed by atoms with E-state index in [2.05, 4.69) is 4.98 Å². The summed E-state index contributed by atoms with van der Waals surface area (Å²) >= 11 is 0. The van der Waals surface area contributed by atoms with Crippen molar-refractivity contribution >= 4 is 5.52 Å². The average molecular weight is 325 g/mol. The molecule has 1 N–H and O–H groups in total. The molecule has 0 radical (unpaired) electrons. The van der Waals surface area contributed by atoms with Gasteiger partial charge in [-0.05, 0) is 38.3 Å². The van der Waals surface area contributed by atoms with E-state index in [9.17, 15) is 4.79 Å². The zero-order valence-electron chi connectivity index (χ0n) is 14.5. The number of nitrogens with one attached hydrogen (secondary N) is 1. The van der Waals surface area contributed by atoms with Crippen LogP contribution in [0.4, 0.5) is 0 Å². The largest absolute Gasteiger partial charge is 0.345 e. The van der Waals surface area contributed by atoms with Gasteiger partial charge in [-0.2, -0.15) is 0 Å². The van der Waals surface area contributed by atoms with Crippen LogP contribution in [0, 0.1) is 6.92 Å². The highest BCUT2D eigenvalue weighted by molar-refractivity contribution is 5.56. The molecule has 0 atom stereocenters. The fraction of sp³-hybridized carbons (Fsp3) is 0.500. The molecule has 1 saturated carbocycles. The predicted molar refractivity (Wildman–Crippen MR) is 93.3 cm³/mol. The number of hydrogen-bond donors (Lipinski definition) is 1. The average Bonchev–Trinajstić information content (AvgIpc) is 3.27. The Bertz CT molecular complexity index is 956. The summed E-state index contributed by atoms with van der Waals surface area (Å²) in [5.74, 6) is 1.97. The van der Waals surface area contributed by atoms with Crippen molar-refractivity contribution in [3.63, 3.8) is 0 Å². The number of nitrogens with zero attached hydrogens (tertiary/aromatic N) is 4. The molecule has 0 unspecified atom stereocenters. The zero-order valence-corrected chi connectivity index (χ0v) is 14.5. The van der Waals surface area contributed by atoms with Crippen molar-refractivity contribution in [1.82, 2.24) is 24.1 Å². The standard InChI is InChI=1S/C18H23N5O/c1-4-13-15-18(24)20-16(14-10-9-11(2)22(14)3)21-23(15)17(19-13)12-7-5-6-8-12/h9-10,12H,4-8H2,1-3H3,(H,20,21,24). The first-order valence-electron chi connectivity index (χ1n) is 8.74. The Morgan fingerprint density at radius 2 is 2.04 bits per heavy atom. The SMILES string of the molecule is CCc1nc(C2CCCC2)n2nc(-c3ccc(C)n3C)[nH]c(=O)c12. The second-order valence-electron chi connectivity index (χ2n) is 6.73.